The van der Waals surface area contributed by atoms with E-state index in [1.165, 1.54) is 27.7 Å². The van der Waals surface area contributed by atoms with E-state index in [-0.39, 0.29) is 0 Å². The van der Waals surface area contributed by atoms with Crippen LogP contribution >= 0.6 is 0 Å². The fourth-order valence-corrected chi connectivity index (χ4v) is 1.67. The minimum absolute atomic E-state index is 0.498. The van der Waals surface area contributed by atoms with Crippen molar-refractivity contribution in [2.75, 3.05) is 0 Å². The van der Waals surface area contributed by atoms with E-state index in [0.29, 0.717) is 11.1 Å². The van der Waals surface area contributed by atoms with Gasteiger partial charge in [0.2, 0.25) is 0 Å². The molecule has 18 heavy (non-hydrogen) atoms. The van der Waals surface area contributed by atoms with Gasteiger partial charge in [-0.2, -0.15) is 0 Å². The third-order valence-corrected chi connectivity index (χ3v) is 3.27. The SMILES string of the molecule is CC(O)C(C)(O)c1cccc(C(O)C(C)(C)O)c1. The van der Waals surface area contributed by atoms with E-state index in [2.05, 4.69) is 0 Å². The molecule has 4 heteroatoms. The predicted molar refractivity (Wildman–Crippen MR) is 69.0 cm³/mol. The average Bonchev–Trinajstić information content (AvgIpc) is 2.26. The van der Waals surface area contributed by atoms with Crippen molar-refractivity contribution in [2.45, 2.75) is 51.1 Å². The second-order valence-corrected chi connectivity index (χ2v) is 5.51. The second-order valence-electron chi connectivity index (χ2n) is 5.51. The molecule has 3 atom stereocenters. The maximum Gasteiger partial charge on any atom is 0.112 e. The molecule has 1 aromatic rings. The van der Waals surface area contributed by atoms with Crippen LogP contribution in [-0.4, -0.2) is 32.1 Å². The lowest BCUT2D eigenvalue weighted by Crippen LogP contribution is -2.34. The summed E-state index contributed by atoms with van der Waals surface area (Å²) in [6.45, 7) is 6.03. The van der Waals surface area contributed by atoms with Crippen LogP contribution in [0, 0.1) is 0 Å². The predicted octanol–water partition coefficient (Wildman–Crippen LogP) is 1.08. The Bertz CT molecular complexity index is 405. The third kappa shape index (κ3) is 3.09. The van der Waals surface area contributed by atoms with E-state index in [1.807, 2.05) is 0 Å². The normalized spacial score (nSPS) is 19.1. The largest absolute Gasteiger partial charge is 0.390 e. The fourth-order valence-electron chi connectivity index (χ4n) is 1.67. The first-order valence-electron chi connectivity index (χ1n) is 5.98. The maximum absolute atomic E-state index is 10.2. The van der Waals surface area contributed by atoms with Gasteiger partial charge in [-0.25, -0.2) is 0 Å². The van der Waals surface area contributed by atoms with Gasteiger partial charge in [0.15, 0.2) is 0 Å². The average molecular weight is 254 g/mol. The number of hydrogen-bond acceptors (Lipinski definition) is 4. The highest BCUT2D eigenvalue weighted by atomic mass is 16.3. The summed E-state index contributed by atoms with van der Waals surface area (Å²) in [6.07, 6.45) is -1.99. The molecule has 4 nitrogen and oxygen atoms in total. The number of hydrogen-bond donors (Lipinski definition) is 4. The van der Waals surface area contributed by atoms with Crippen LogP contribution < -0.4 is 0 Å². The summed E-state index contributed by atoms with van der Waals surface area (Å²) in [5, 5.41) is 39.5. The van der Waals surface area contributed by atoms with Crippen LogP contribution in [0.1, 0.15) is 44.9 Å². The summed E-state index contributed by atoms with van der Waals surface area (Å²) in [5.41, 5.74) is -1.66. The molecule has 0 bridgehead atoms. The topological polar surface area (TPSA) is 80.9 Å². The van der Waals surface area contributed by atoms with E-state index < -0.39 is 23.4 Å². The fraction of sp³-hybridized carbons (Fsp3) is 0.571. The molecule has 102 valence electrons. The quantitative estimate of drug-likeness (QED) is 0.648. The van der Waals surface area contributed by atoms with Crippen LogP contribution in [0.3, 0.4) is 0 Å². The molecule has 1 rings (SSSR count). The number of aliphatic hydroxyl groups is 4. The summed E-state index contributed by atoms with van der Waals surface area (Å²) in [6, 6.07) is 6.61. The lowest BCUT2D eigenvalue weighted by Gasteiger charge is -2.29. The molecule has 4 N–H and O–H groups in total. The number of aliphatic hydroxyl groups excluding tert-OH is 2. The molecule has 0 heterocycles. The minimum Gasteiger partial charge on any atom is -0.390 e. The summed E-state index contributed by atoms with van der Waals surface area (Å²) in [5.74, 6) is 0. The highest BCUT2D eigenvalue weighted by molar-refractivity contribution is 5.30. The van der Waals surface area contributed by atoms with Crippen molar-refractivity contribution >= 4 is 0 Å². The lowest BCUT2D eigenvalue weighted by molar-refractivity contribution is -0.0589. The van der Waals surface area contributed by atoms with Crippen molar-refractivity contribution in [1.29, 1.82) is 0 Å². The zero-order valence-electron chi connectivity index (χ0n) is 11.3. The first-order valence-corrected chi connectivity index (χ1v) is 5.98. The van der Waals surface area contributed by atoms with Gasteiger partial charge < -0.3 is 20.4 Å². The first-order chi connectivity index (χ1) is 8.06. The van der Waals surface area contributed by atoms with Crippen LogP contribution in [0.2, 0.25) is 0 Å². The molecule has 0 amide bonds. The Hall–Kier alpha value is -0.940. The Morgan fingerprint density at radius 3 is 2.06 bits per heavy atom. The van der Waals surface area contributed by atoms with Gasteiger partial charge >= 0.3 is 0 Å². The van der Waals surface area contributed by atoms with Gasteiger partial charge in [-0.3, -0.25) is 0 Å². The molecule has 0 aromatic heterocycles. The molecule has 0 saturated carbocycles. The van der Waals surface area contributed by atoms with Gasteiger partial charge in [-0.05, 0) is 38.8 Å². The molecule has 0 fully saturated rings. The molecule has 0 aliphatic rings. The van der Waals surface area contributed by atoms with Crippen LogP contribution in [0.25, 0.3) is 0 Å². The molecule has 0 aliphatic heterocycles. The van der Waals surface area contributed by atoms with Crippen LogP contribution in [0.5, 0.6) is 0 Å². The Balaban J connectivity index is 3.15. The van der Waals surface area contributed by atoms with Gasteiger partial charge in [0.05, 0.1) is 11.7 Å². The van der Waals surface area contributed by atoms with Gasteiger partial charge in [-0.15, -0.1) is 0 Å². The van der Waals surface area contributed by atoms with E-state index in [4.69, 9.17) is 0 Å². The highest BCUT2D eigenvalue weighted by Crippen LogP contribution is 2.30. The number of benzene rings is 1. The summed E-state index contributed by atoms with van der Waals surface area (Å²) in [4.78, 5) is 0. The number of rotatable bonds is 4. The van der Waals surface area contributed by atoms with Crippen molar-refractivity contribution in [2.24, 2.45) is 0 Å². The molecule has 0 saturated heterocycles. The smallest absolute Gasteiger partial charge is 0.112 e. The lowest BCUT2D eigenvalue weighted by atomic mass is 9.87. The molecule has 0 aliphatic carbocycles. The summed E-state index contributed by atoms with van der Waals surface area (Å²) < 4.78 is 0. The van der Waals surface area contributed by atoms with E-state index in [0.717, 1.165) is 0 Å². The third-order valence-electron chi connectivity index (χ3n) is 3.27. The van der Waals surface area contributed by atoms with Crippen LogP contribution in [0.15, 0.2) is 24.3 Å². The summed E-state index contributed by atoms with van der Waals surface area (Å²) in [7, 11) is 0. The standard InChI is InChI=1S/C14H22O4/c1-9(15)14(4,18)11-7-5-6-10(8-11)12(16)13(2,3)17/h5-9,12,15-18H,1-4H3. The first kappa shape index (κ1) is 15.1. The van der Waals surface area contributed by atoms with Crippen molar-refractivity contribution in [3.63, 3.8) is 0 Å². The van der Waals surface area contributed by atoms with Gasteiger partial charge in [0.25, 0.3) is 0 Å². The minimum atomic E-state index is -1.39. The molecule has 0 radical (unpaired) electrons. The Morgan fingerprint density at radius 1 is 1.06 bits per heavy atom. The molecular weight excluding hydrogens is 232 g/mol. The van der Waals surface area contributed by atoms with E-state index >= 15 is 0 Å². The van der Waals surface area contributed by atoms with Gasteiger partial charge in [0.1, 0.15) is 11.7 Å². The zero-order chi connectivity index (χ0) is 14.1. The Labute approximate surface area is 108 Å². The van der Waals surface area contributed by atoms with Gasteiger partial charge in [-0.1, -0.05) is 24.3 Å². The molecular formula is C14H22O4. The monoisotopic (exact) mass is 254 g/mol. The highest BCUT2D eigenvalue weighted by Gasteiger charge is 2.31. The second kappa shape index (κ2) is 4.97. The van der Waals surface area contributed by atoms with Crippen molar-refractivity contribution in [3.8, 4) is 0 Å². The van der Waals surface area contributed by atoms with Crippen molar-refractivity contribution in [3.05, 3.63) is 35.4 Å². The molecule has 1 aromatic carbocycles. The molecule has 3 unspecified atom stereocenters. The van der Waals surface area contributed by atoms with Gasteiger partial charge in [0, 0.05) is 0 Å². The van der Waals surface area contributed by atoms with Crippen molar-refractivity contribution in [1.82, 2.24) is 0 Å². The Morgan fingerprint density at radius 2 is 1.61 bits per heavy atom. The van der Waals surface area contributed by atoms with Crippen LogP contribution in [-0.2, 0) is 5.60 Å². The van der Waals surface area contributed by atoms with E-state index in [1.54, 1.807) is 24.3 Å². The van der Waals surface area contributed by atoms with E-state index in [9.17, 15) is 20.4 Å². The van der Waals surface area contributed by atoms with Crippen molar-refractivity contribution < 1.29 is 20.4 Å². The zero-order valence-corrected chi connectivity index (χ0v) is 11.3. The Kier molecular flexibility index (Phi) is 4.18. The maximum atomic E-state index is 10.2. The van der Waals surface area contributed by atoms with Crippen LogP contribution in [0.4, 0.5) is 0 Å². The molecule has 0 spiro atoms. The summed E-state index contributed by atoms with van der Waals surface area (Å²) >= 11 is 0.